The summed E-state index contributed by atoms with van der Waals surface area (Å²) in [6.45, 7) is 0. The van der Waals surface area contributed by atoms with Gasteiger partial charge >= 0.3 is 0 Å². The lowest BCUT2D eigenvalue weighted by atomic mass is 10.2. The number of fused-ring (bicyclic) bond motifs is 2. The maximum atomic E-state index is 13.2. The van der Waals surface area contributed by atoms with Gasteiger partial charge in [0.05, 0.1) is 16.4 Å². The first kappa shape index (κ1) is 19.0. The van der Waals surface area contributed by atoms with E-state index in [4.69, 9.17) is 11.6 Å². The molecule has 0 radical (unpaired) electrons. The van der Waals surface area contributed by atoms with E-state index in [0.717, 1.165) is 10.1 Å². The van der Waals surface area contributed by atoms with Crippen LogP contribution >= 0.6 is 11.6 Å². The number of pyridine rings is 1. The van der Waals surface area contributed by atoms with Gasteiger partial charge in [0.25, 0.3) is 11.5 Å². The van der Waals surface area contributed by atoms with Crippen LogP contribution in [0, 0.1) is 0 Å². The zero-order valence-corrected chi connectivity index (χ0v) is 16.9. The number of nitrogens with one attached hydrogen (secondary N) is 1. The first-order valence-electron chi connectivity index (χ1n) is 9.55. The van der Waals surface area contributed by atoms with E-state index in [1.165, 1.54) is 0 Å². The van der Waals surface area contributed by atoms with Gasteiger partial charge in [0.15, 0.2) is 5.82 Å². The fraction of sp³-hybridized carbons (Fsp3) is 0. The molecule has 1 amide bonds. The SMILES string of the molecule is O=C(Nn1c(-c2cccc(Cl)c2)nc2ccccc2c1=O)c1ccc2ccccc2n1. The molecule has 5 rings (SSSR count). The number of amides is 1. The number of carbonyl (C=O) groups excluding carboxylic acids is 1. The number of aromatic nitrogens is 3. The van der Waals surface area contributed by atoms with Crippen molar-refractivity contribution in [3.05, 3.63) is 106 Å². The van der Waals surface area contributed by atoms with Crippen molar-refractivity contribution in [3.8, 4) is 11.4 Å². The summed E-state index contributed by atoms with van der Waals surface area (Å²) in [6, 6.07) is 24.9. The van der Waals surface area contributed by atoms with Crippen LogP contribution in [-0.2, 0) is 0 Å². The van der Waals surface area contributed by atoms with Gasteiger partial charge in [-0.25, -0.2) is 9.97 Å². The molecule has 0 spiro atoms. The standard InChI is InChI=1S/C24H15ClN4O2/c25-17-8-5-7-16(14-17)22-27-20-11-4-2-9-18(20)24(31)29(22)28-23(30)21-13-12-15-6-1-3-10-19(15)26-21/h1-14H,(H,28,30). The third kappa shape index (κ3) is 3.53. The van der Waals surface area contributed by atoms with Crippen molar-refractivity contribution < 1.29 is 4.79 Å². The summed E-state index contributed by atoms with van der Waals surface area (Å²) in [5, 5.41) is 1.80. The van der Waals surface area contributed by atoms with E-state index >= 15 is 0 Å². The molecular formula is C24H15ClN4O2. The smallest absolute Gasteiger partial charge is 0.267 e. The Balaban J connectivity index is 1.65. The maximum absolute atomic E-state index is 13.2. The van der Waals surface area contributed by atoms with Crippen molar-refractivity contribution in [1.82, 2.24) is 14.6 Å². The quantitative estimate of drug-likeness (QED) is 0.455. The molecule has 0 bridgehead atoms. The van der Waals surface area contributed by atoms with Crippen molar-refractivity contribution >= 4 is 39.3 Å². The summed E-state index contributed by atoms with van der Waals surface area (Å²) in [6.07, 6.45) is 0. The maximum Gasteiger partial charge on any atom is 0.288 e. The lowest BCUT2D eigenvalue weighted by molar-refractivity contribution is 0.100. The van der Waals surface area contributed by atoms with Gasteiger partial charge in [-0.2, -0.15) is 4.68 Å². The molecule has 0 atom stereocenters. The van der Waals surface area contributed by atoms with E-state index < -0.39 is 11.5 Å². The normalized spacial score (nSPS) is 11.0. The molecule has 0 fully saturated rings. The Morgan fingerprint density at radius 3 is 2.45 bits per heavy atom. The summed E-state index contributed by atoms with van der Waals surface area (Å²) >= 11 is 6.15. The molecule has 2 aromatic heterocycles. The molecule has 0 aliphatic heterocycles. The van der Waals surface area contributed by atoms with Crippen molar-refractivity contribution in [2.75, 3.05) is 5.43 Å². The zero-order valence-electron chi connectivity index (χ0n) is 16.1. The topological polar surface area (TPSA) is 76.9 Å². The minimum atomic E-state index is -0.520. The first-order chi connectivity index (χ1) is 15.1. The number of hydrogen-bond acceptors (Lipinski definition) is 4. The molecule has 7 heteroatoms. The highest BCUT2D eigenvalue weighted by Crippen LogP contribution is 2.22. The molecule has 150 valence electrons. The summed E-state index contributed by atoms with van der Waals surface area (Å²) in [5.74, 6) is -0.242. The predicted octanol–water partition coefficient (Wildman–Crippen LogP) is 4.65. The number of carbonyl (C=O) groups is 1. The highest BCUT2D eigenvalue weighted by atomic mass is 35.5. The van der Waals surface area contributed by atoms with Crippen LogP contribution in [0.25, 0.3) is 33.2 Å². The van der Waals surface area contributed by atoms with E-state index in [9.17, 15) is 9.59 Å². The molecule has 0 unspecified atom stereocenters. The molecule has 31 heavy (non-hydrogen) atoms. The largest absolute Gasteiger partial charge is 0.288 e. The highest BCUT2D eigenvalue weighted by Gasteiger charge is 2.17. The van der Waals surface area contributed by atoms with E-state index in [1.54, 1.807) is 54.6 Å². The number of benzene rings is 3. The van der Waals surface area contributed by atoms with Gasteiger partial charge in [0.2, 0.25) is 0 Å². The fourth-order valence-corrected chi connectivity index (χ4v) is 3.60. The van der Waals surface area contributed by atoms with E-state index in [0.29, 0.717) is 27.0 Å². The second-order valence-electron chi connectivity index (χ2n) is 6.93. The monoisotopic (exact) mass is 426 g/mol. The predicted molar refractivity (Wildman–Crippen MR) is 122 cm³/mol. The van der Waals surface area contributed by atoms with Gasteiger partial charge < -0.3 is 0 Å². The Kier molecular flexibility index (Phi) is 4.69. The van der Waals surface area contributed by atoms with E-state index in [1.807, 2.05) is 30.3 Å². The van der Waals surface area contributed by atoms with Crippen LogP contribution < -0.4 is 11.0 Å². The average Bonchev–Trinajstić information content (AvgIpc) is 2.80. The molecule has 6 nitrogen and oxygen atoms in total. The fourth-order valence-electron chi connectivity index (χ4n) is 3.41. The molecule has 2 heterocycles. The number of para-hydroxylation sites is 2. The number of halogens is 1. The van der Waals surface area contributed by atoms with Crippen LogP contribution in [0.15, 0.2) is 89.7 Å². The van der Waals surface area contributed by atoms with Gasteiger partial charge in [0.1, 0.15) is 5.69 Å². The third-order valence-corrected chi connectivity index (χ3v) is 5.14. The van der Waals surface area contributed by atoms with E-state index in [2.05, 4.69) is 15.4 Å². The Morgan fingerprint density at radius 1 is 0.839 bits per heavy atom. The second kappa shape index (κ2) is 7.66. The van der Waals surface area contributed by atoms with Gasteiger partial charge in [-0.1, -0.05) is 60.1 Å². The molecular weight excluding hydrogens is 412 g/mol. The summed E-state index contributed by atoms with van der Waals surface area (Å²) < 4.78 is 1.15. The van der Waals surface area contributed by atoms with Crippen LogP contribution in [-0.4, -0.2) is 20.6 Å². The minimum absolute atomic E-state index is 0.191. The summed E-state index contributed by atoms with van der Waals surface area (Å²) in [5.41, 5.74) is 4.28. The van der Waals surface area contributed by atoms with Crippen molar-refractivity contribution in [2.24, 2.45) is 0 Å². The molecule has 1 N–H and O–H groups in total. The lowest BCUT2D eigenvalue weighted by Gasteiger charge is -2.15. The van der Waals surface area contributed by atoms with Crippen LogP contribution in [0.3, 0.4) is 0 Å². The van der Waals surface area contributed by atoms with Gasteiger partial charge in [-0.15, -0.1) is 0 Å². The lowest BCUT2D eigenvalue weighted by Crippen LogP contribution is -2.35. The molecule has 3 aromatic carbocycles. The Labute approximate surface area is 181 Å². The van der Waals surface area contributed by atoms with Crippen LogP contribution in [0.5, 0.6) is 0 Å². The zero-order chi connectivity index (χ0) is 21.4. The second-order valence-corrected chi connectivity index (χ2v) is 7.37. The minimum Gasteiger partial charge on any atom is -0.267 e. The Hall–Kier alpha value is -4.03. The van der Waals surface area contributed by atoms with Crippen molar-refractivity contribution in [3.63, 3.8) is 0 Å². The van der Waals surface area contributed by atoms with Gasteiger partial charge in [-0.05, 0) is 36.4 Å². The van der Waals surface area contributed by atoms with Crippen LogP contribution in [0.4, 0.5) is 0 Å². The number of rotatable bonds is 3. The Bertz CT molecular complexity index is 1530. The van der Waals surface area contributed by atoms with Crippen molar-refractivity contribution in [2.45, 2.75) is 0 Å². The summed E-state index contributed by atoms with van der Waals surface area (Å²) in [4.78, 5) is 35.3. The summed E-state index contributed by atoms with van der Waals surface area (Å²) in [7, 11) is 0. The number of nitrogens with zero attached hydrogens (tertiary/aromatic N) is 3. The van der Waals surface area contributed by atoms with Gasteiger partial charge in [-0.3, -0.25) is 15.0 Å². The third-order valence-electron chi connectivity index (χ3n) is 4.90. The molecule has 0 saturated carbocycles. The average molecular weight is 427 g/mol. The molecule has 5 aromatic rings. The van der Waals surface area contributed by atoms with Gasteiger partial charge in [0, 0.05) is 16.0 Å². The Morgan fingerprint density at radius 2 is 1.61 bits per heavy atom. The number of hydrogen-bond donors (Lipinski definition) is 1. The van der Waals surface area contributed by atoms with E-state index in [-0.39, 0.29) is 11.5 Å². The molecule has 0 saturated heterocycles. The van der Waals surface area contributed by atoms with Crippen LogP contribution in [0.2, 0.25) is 5.02 Å². The first-order valence-corrected chi connectivity index (χ1v) is 9.93. The van der Waals surface area contributed by atoms with Crippen molar-refractivity contribution in [1.29, 1.82) is 0 Å². The molecule has 0 aliphatic carbocycles. The van der Waals surface area contributed by atoms with Crippen LogP contribution in [0.1, 0.15) is 10.5 Å². The molecule has 0 aliphatic rings. The highest BCUT2D eigenvalue weighted by molar-refractivity contribution is 6.30.